The van der Waals surface area contributed by atoms with Gasteiger partial charge in [-0.25, -0.2) is 0 Å². The highest BCUT2D eigenvalue weighted by Crippen LogP contribution is 2.10. The molecule has 0 fully saturated rings. The summed E-state index contributed by atoms with van der Waals surface area (Å²) in [5, 5.41) is 0. The largest absolute Gasteiger partial charge is 0.399 e. The average Bonchev–Trinajstić information content (AvgIpc) is 2.46. The quantitative estimate of drug-likeness (QED) is 0.511. The van der Waals surface area contributed by atoms with Gasteiger partial charge in [0.15, 0.2) is 5.78 Å². The third-order valence-electron chi connectivity index (χ3n) is 2.98. The maximum absolute atomic E-state index is 12.0. The van der Waals surface area contributed by atoms with E-state index < -0.39 is 0 Å². The molecule has 96 valence electrons. The molecule has 2 heteroatoms. The van der Waals surface area contributed by atoms with Crippen LogP contribution in [-0.2, 0) is 6.42 Å². The zero-order valence-electron chi connectivity index (χ0n) is 11.0. The fraction of sp³-hybridized carbons (Fsp3) is 0.118. The van der Waals surface area contributed by atoms with Gasteiger partial charge in [0.2, 0.25) is 0 Å². The Bertz CT molecular complexity index is 597. The molecular weight excluding hydrogens is 234 g/mol. The Balaban J connectivity index is 2.13. The molecular formula is C17H17NO. The standard InChI is InChI=1S/C17H17NO/c1-2-13-4-3-5-15(12-13)17(19)11-8-14-6-9-16(18)10-7-14/h3-12H,2,18H2,1H3/b11-8+. The second-order valence-electron chi connectivity index (χ2n) is 4.42. The van der Waals surface area contributed by atoms with E-state index in [-0.39, 0.29) is 5.78 Å². The van der Waals surface area contributed by atoms with Crippen LogP contribution < -0.4 is 5.73 Å². The maximum Gasteiger partial charge on any atom is 0.185 e. The molecule has 0 spiro atoms. The van der Waals surface area contributed by atoms with Crippen molar-refractivity contribution in [3.05, 3.63) is 71.3 Å². The molecule has 0 aliphatic rings. The zero-order valence-corrected chi connectivity index (χ0v) is 11.0. The highest BCUT2D eigenvalue weighted by Gasteiger charge is 2.01. The number of ketones is 1. The molecule has 0 heterocycles. The van der Waals surface area contributed by atoms with Crippen LogP contribution in [0.5, 0.6) is 0 Å². The van der Waals surface area contributed by atoms with Gasteiger partial charge in [-0.2, -0.15) is 0 Å². The van der Waals surface area contributed by atoms with Gasteiger partial charge in [-0.3, -0.25) is 4.79 Å². The van der Waals surface area contributed by atoms with Gasteiger partial charge in [0.1, 0.15) is 0 Å². The highest BCUT2D eigenvalue weighted by atomic mass is 16.1. The van der Waals surface area contributed by atoms with Gasteiger partial charge < -0.3 is 5.73 Å². The van der Waals surface area contributed by atoms with Crippen molar-refractivity contribution in [3.63, 3.8) is 0 Å². The first kappa shape index (κ1) is 13.1. The van der Waals surface area contributed by atoms with Crippen molar-refractivity contribution in [1.29, 1.82) is 0 Å². The molecule has 19 heavy (non-hydrogen) atoms. The van der Waals surface area contributed by atoms with Crippen LogP contribution in [0.4, 0.5) is 5.69 Å². The minimum absolute atomic E-state index is 0.0205. The van der Waals surface area contributed by atoms with Crippen LogP contribution in [0.2, 0.25) is 0 Å². The Morgan fingerprint density at radius 2 is 1.89 bits per heavy atom. The molecule has 0 saturated carbocycles. The van der Waals surface area contributed by atoms with Crippen LogP contribution >= 0.6 is 0 Å². The molecule has 0 saturated heterocycles. The summed E-state index contributed by atoms with van der Waals surface area (Å²) < 4.78 is 0. The first-order valence-corrected chi connectivity index (χ1v) is 6.36. The summed E-state index contributed by atoms with van der Waals surface area (Å²) in [6.07, 6.45) is 4.34. The van der Waals surface area contributed by atoms with Gasteiger partial charge in [-0.15, -0.1) is 0 Å². The number of carbonyl (C=O) groups excluding carboxylic acids is 1. The van der Waals surface area contributed by atoms with Gasteiger partial charge in [-0.1, -0.05) is 43.3 Å². The summed E-state index contributed by atoms with van der Waals surface area (Å²) in [6.45, 7) is 2.08. The van der Waals surface area contributed by atoms with Crippen LogP contribution in [-0.4, -0.2) is 5.78 Å². The summed E-state index contributed by atoms with van der Waals surface area (Å²) in [7, 11) is 0. The number of allylic oxidation sites excluding steroid dienone is 1. The Kier molecular flexibility index (Phi) is 4.14. The number of anilines is 1. The lowest BCUT2D eigenvalue weighted by Crippen LogP contribution is -1.95. The SMILES string of the molecule is CCc1cccc(C(=O)/C=C/c2ccc(N)cc2)c1. The molecule has 0 bridgehead atoms. The average molecular weight is 251 g/mol. The molecule has 0 aromatic heterocycles. The molecule has 2 aromatic carbocycles. The molecule has 0 aliphatic carbocycles. The molecule has 2 nitrogen and oxygen atoms in total. The summed E-state index contributed by atoms with van der Waals surface area (Å²) in [5.41, 5.74) is 9.20. The zero-order chi connectivity index (χ0) is 13.7. The van der Waals surface area contributed by atoms with Crippen molar-refractivity contribution in [2.24, 2.45) is 0 Å². The van der Waals surface area contributed by atoms with Crippen LogP contribution in [0.3, 0.4) is 0 Å². The first-order valence-electron chi connectivity index (χ1n) is 6.36. The van der Waals surface area contributed by atoms with Crippen molar-refractivity contribution < 1.29 is 4.79 Å². The maximum atomic E-state index is 12.0. The summed E-state index contributed by atoms with van der Waals surface area (Å²) in [5.74, 6) is 0.0205. The molecule has 0 amide bonds. The molecule has 0 radical (unpaired) electrons. The van der Waals surface area contributed by atoms with Gasteiger partial charge in [0.05, 0.1) is 0 Å². The van der Waals surface area contributed by atoms with E-state index in [1.807, 2.05) is 48.5 Å². The van der Waals surface area contributed by atoms with Crippen LogP contribution in [0.25, 0.3) is 6.08 Å². The van der Waals surface area contributed by atoms with Crippen molar-refractivity contribution in [2.45, 2.75) is 13.3 Å². The fourth-order valence-corrected chi connectivity index (χ4v) is 1.82. The van der Waals surface area contributed by atoms with Crippen LogP contribution in [0.15, 0.2) is 54.6 Å². The van der Waals surface area contributed by atoms with Gasteiger partial charge >= 0.3 is 0 Å². The third kappa shape index (κ3) is 3.55. The minimum atomic E-state index is 0.0205. The van der Waals surface area contributed by atoms with E-state index in [0.29, 0.717) is 0 Å². The van der Waals surface area contributed by atoms with Gasteiger partial charge in [-0.05, 0) is 41.8 Å². The number of rotatable bonds is 4. The number of hydrogen-bond donors (Lipinski definition) is 1. The number of nitrogens with two attached hydrogens (primary N) is 1. The van der Waals surface area contributed by atoms with Gasteiger partial charge in [0.25, 0.3) is 0 Å². The predicted octanol–water partition coefficient (Wildman–Crippen LogP) is 3.73. The Hall–Kier alpha value is -2.35. The molecule has 0 aliphatic heterocycles. The van der Waals surface area contributed by atoms with E-state index in [4.69, 9.17) is 5.73 Å². The second kappa shape index (κ2) is 6.01. The number of benzene rings is 2. The molecule has 2 rings (SSSR count). The Labute approximate surface area is 113 Å². The summed E-state index contributed by atoms with van der Waals surface area (Å²) >= 11 is 0. The van der Waals surface area contributed by atoms with E-state index in [9.17, 15) is 4.79 Å². The highest BCUT2D eigenvalue weighted by molar-refractivity contribution is 6.06. The molecule has 0 unspecified atom stereocenters. The monoisotopic (exact) mass is 251 g/mol. The number of hydrogen-bond acceptors (Lipinski definition) is 2. The summed E-state index contributed by atoms with van der Waals surface area (Å²) in [6, 6.07) is 15.2. The Morgan fingerprint density at radius 3 is 2.58 bits per heavy atom. The van der Waals surface area contributed by atoms with Crippen LogP contribution in [0, 0.1) is 0 Å². The minimum Gasteiger partial charge on any atom is -0.399 e. The smallest absolute Gasteiger partial charge is 0.185 e. The summed E-state index contributed by atoms with van der Waals surface area (Å²) in [4.78, 5) is 12.0. The van der Waals surface area contributed by atoms with Crippen molar-refractivity contribution in [3.8, 4) is 0 Å². The Morgan fingerprint density at radius 1 is 1.16 bits per heavy atom. The molecule has 0 atom stereocenters. The normalized spacial score (nSPS) is 10.8. The van der Waals surface area contributed by atoms with E-state index in [2.05, 4.69) is 6.92 Å². The van der Waals surface area contributed by atoms with Crippen molar-refractivity contribution >= 4 is 17.5 Å². The fourth-order valence-electron chi connectivity index (χ4n) is 1.82. The van der Waals surface area contributed by atoms with E-state index in [1.54, 1.807) is 12.2 Å². The second-order valence-corrected chi connectivity index (χ2v) is 4.42. The predicted molar refractivity (Wildman–Crippen MR) is 80.0 cm³/mol. The van der Waals surface area contributed by atoms with E-state index >= 15 is 0 Å². The number of nitrogen functional groups attached to an aromatic ring is 1. The van der Waals surface area contributed by atoms with Crippen LogP contribution in [0.1, 0.15) is 28.4 Å². The third-order valence-corrected chi connectivity index (χ3v) is 2.98. The lowest BCUT2D eigenvalue weighted by Gasteiger charge is -2.00. The number of aryl methyl sites for hydroxylation is 1. The molecule has 2 aromatic rings. The molecule has 2 N–H and O–H groups in total. The van der Waals surface area contributed by atoms with E-state index in [1.165, 1.54) is 5.56 Å². The number of carbonyl (C=O) groups is 1. The lowest BCUT2D eigenvalue weighted by atomic mass is 10.0. The lowest BCUT2D eigenvalue weighted by molar-refractivity contribution is 0.104. The topological polar surface area (TPSA) is 43.1 Å². The van der Waals surface area contributed by atoms with Crippen molar-refractivity contribution in [2.75, 3.05) is 5.73 Å². The van der Waals surface area contributed by atoms with Gasteiger partial charge in [0, 0.05) is 11.3 Å². The first-order chi connectivity index (χ1) is 9.19. The van der Waals surface area contributed by atoms with E-state index in [0.717, 1.165) is 23.2 Å². The van der Waals surface area contributed by atoms with Crippen molar-refractivity contribution in [1.82, 2.24) is 0 Å².